The fourth-order valence-electron chi connectivity index (χ4n) is 3.39. The number of benzene rings is 2. The van der Waals surface area contributed by atoms with E-state index in [9.17, 15) is 4.39 Å². The lowest BCUT2D eigenvalue weighted by atomic mass is 9.77. The Morgan fingerprint density at radius 3 is 2.61 bits per heavy atom. The fraction of sp³-hybridized carbons (Fsp3) is 0.273. The molecule has 0 saturated carbocycles. The zero-order chi connectivity index (χ0) is 16.6. The fourth-order valence-corrected chi connectivity index (χ4v) is 3.39. The first-order valence-electron chi connectivity index (χ1n) is 8.11. The third-order valence-electron chi connectivity index (χ3n) is 4.78. The molecule has 3 rings (SSSR count). The van der Waals surface area contributed by atoms with Crippen LogP contribution in [-0.2, 0) is 0 Å². The van der Waals surface area contributed by atoms with E-state index in [-0.39, 0.29) is 11.2 Å². The minimum absolute atomic E-state index is 0.0242. The molecule has 2 aromatic rings. The summed E-state index contributed by atoms with van der Waals surface area (Å²) in [6, 6.07) is 14.6. The highest BCUT2D eigenvalue weighted by Crippen LogP contribution is 2.42. The number of hydrogen-bond donors (Lipinski definition) is 0. The van der Waals surface area contributed by atoms with E-state index in [2.05, 4.69) is 43.8 Å². The normalized spacial score (nSPS) is 17.3. The first-order valence-corrected chi connectivity index (χ1v) is 8.11. The second kappa shape index (κ2) is 5.81. The van der Waals surface area contributed by atoms with Crippen molar-refractivity contribution in [2.45, 2.75) is 33.6 Å². The summed E-state index contributed by atoms with van der Waals surface area (Å²) in [7, 11) is 0. The van der Waals surface area contributed by atoms with Gasteiger partial charge >= 0.3 is 0 Å². The van der Waals surface area contributed by atoms with E-state index in [0.29, 0.717) is 6.42 Å². The number of hydrogen-bond acceptors (Lipinski definition) is 0. The molecule has 0 heterocycles. The minimum Gasteiger partial charge on any atom is -0.211 e. The number of rotatable bonds is 3. The lowest BCUT2D eigenvalue weighted by Gasteiger charge is -2.29. The van der Waals surface area contributed by atoms with Gasteiger partial charge in [0.2, 0.25) is 0 Å². The quantitative estimate of drug-likeness (QED) is 0.582. The minimum atomic E-state index is -0.381. The molecule has 0 radical (unpaired) electrons. The van der Waals surface area contributed by atoms with Crippen molar-refractivity contribution in [1.29, 1.82) is 0 Å². The molecular weight excluding hydrogens is 283 g/mol. The maximum Gasteiger partial charge on any atom is 0.106 e. The van der Waals surface area contributed by atoms with Crippen LogP contribution in [0.1, 0.15) is 39.2 Å². The highest BCUT2D eigenvalue weighted by atomic mass is 19.1. The lowest BCUT2D eigenvalue weighted by Crippen LogP contribution is -2.17. The van der Waals surface area contributed by atoms with Gasteiger partial charge < -0.3 is 0 Å². The summed E-state index contributed by atoms with van der Waals surface area (Å²) in [5.41, 5.74) is 4.15. The Balaban J connectivity index is 1.93. The first-order chi connectivity index (χ1) is 10.9. The molecule has 0 spiro atoms. The Bertz CT molecular complexity index is 829. The predicted molar refractivity (Wildman–Crippen MR) is 97.9 cm³/mol. The number of fused-ring (bicyclic) bond motifs is 1. The molecule has 0 aromatic heterocycles. The van der Waals surface area contributed by atoms with Gasteiger partial charge in [-0.2, -0.15) is 0 Å². The molecule has 0 aliphatic heterocycles. The lowest BCUT2D eigenvalue weighted by molar-refractivity contribution is 0.338. The third-order valence-corrected chi connectivity index (χ3v) is 4.78. The molecule has 0 bridgehead atoms. The van der Waals surface area contributed by atoms with Crippen molar-refractivity contribution < 1.29 is 4.39 Å². The third kappa shape index (κ3) is 3.01. The average Bonchev–Trinajstić information content (AvgIpc) is 2.51. The molecule has 0 unspecified atom stereocenters. The van der Waals surface area contributed by atoms with Crippen LogP contribution >= 0.6 is 0 Å². The van der Waals surface area contributed by atoms with Crippen LogP contribution in [0.5, 0.6) is 0 Å². The molecule has 23 heavy (non-hydrogen) atoms. The second-order valence-corrected chi connectivity index (χ2v) is 7.17. The van der Waals surface area contributed by atoms with Gasteiger partial charge in [0.05, 0.1) is 0 Å². The molecule has 0 fully saturated rings. The van der Waals surface area contributed by atoms with Crippen LogP contribution in [0.2, 0.25) is 0 Å². The predicted octanol–water partition coefficient (Wildman–Crippen LogP) is 6.84. The van der Waals surface area contributed by atoms with Gasteiger partial charge in [-0.25, -0.2) is 4.39 Å². The van der Waals surface area contributed by atoms with Crippen molar-refractivity contribution in [1.82, 2.24) is 0 Å². The first kappa shape index (κ1) is 15.7. The molecule has 0 saturated heterocycles. The van der Waals surface area contributed by atoms with Crippen LogP contribution in [0.15, 0.2) is 72.1 Å². The maximum absolute atomic E-state index is 14.3. The van der Waals surface area contributed by atoms with Gasteiger partial charge in [-0.1, -0.05) is 68.5 Å². The Hall–Kier alpha value is -2.15. The van der Waals surface area contributed by atoms with Gasteiger partial charge in [-0.15, -0.1) is 0 Å². The monoisotopic (exact) mass is 306 g/mol. The van der Waals surface area contributed by atoms with Crippen molar-refractivity contribution in [3.8, 4) is 0 Å². The zero-order valence-electron chi connectivity index (χ0n) is 14.1. The van der Waals surface area contributed by atoms with Crippen LogP contribution in [-0.4, -0.2) is 0 Å². The van der Waals surface area contributed by atoms with Crippen LogP contribution < -0.4 is 0 Å². The highest BCUT2D eigenvalue weighted by molar-refractivity contribution is 5.93. The molecule has 1 heteroatoms. The topological polar surface area (TPSA) is 0 Å². The SMILES string of the molecule is C=C(CC1=C(C)CC(C)(C)C(F)=C1)c1cccc2ccccc12. The smallest absolute Gasteiger partial charge is 0.106 e. The van der Waals surface area contributed by atoms with Crippen LogP contribution in [0.4, 0.5) is 4.39 Å². The number of allylic oxidation sites excluding steroid dienone is 5. The summed E-state index contributed by atoms with van der Waals surface area (Å²) in [4.78, 5) is 0. The van der Waals surface area contributed by atoms with Crippen molar-refractivity contribution >= 4 is 16.3 Å². The summed E-state index contributed by atoms with van der Waals surface area (Å²) in [6.07, 6.45) is 3.19. The van der Waals surface area contributed by atoms with Gasteiger partial charge in [-0.05, 0) is 53.3 Å². The Morgan fingerprint density at radius 2 is 1.83 bits per heavy atom. The Labute approximate surface area is 138 Å². The standard InChI is InChI=1S/C22H23F/c1-15(12-18-13-21(23)22(3,4)14-16(18)2)19-11-7-9-17-8-5-6-10-20(17)19/h5-11,13H,1,12,14H2,2-4H3. The van der Waals surface area contributed by atoms with E-state index in [1.807, 2.05) is 26.0 Å². The second-order valence-electron chi connectivity index (χ2n) is 7.17. The molecule has 1 aliphatic carbocycles. The summed E-state index contributed by atoms with van der Waals surface area (Å²) >= 11 is 0. The van der Waals surface area contributed by atoms with Crippen LogP contribution in [0.25, 0.3) is 16.3 Å². The molecule has 0 nitrogen and oxygen atoms in total. The summed E-state index contributed by atoms with van der Waals surface area (Å²) in [5, 5.41) is 2.42. The van der Waals surface area contributed by atoms with E-state index < -0.39 is 0 Å². The summed E-state index contributed by atoms with van der Waals surface area (Å²) < 4.78 is 14.3. The van der Waals surface area contributed by atoms with Crippen LogP contribution in [0.3, 0.4) is 0 Å². The van der Waals surface area contributed by atoms with Crippen molar-refractivity contribution in [3.63, 3.8) is 0 Å². The Kier molecular flexibility index (Phi) is 3.97. The van der Waals surface area contributed by atoms with E-state index in [0.717, 1.165) is 23.1 Å². The van der Waals surface area contributed by atoms with Gasteiger partial charge in [0.1, 0.15) is 5.83 Å². The van der Waals surface area contributed by atoms with E-state index in [1.165, 1.54) is 16.3 Å². The molecular formula is C22H23F. The highest BCUT2D eigenvalue weighted by Gasteiger charge is 2.29. The van der Waals surface area contributed by atoms with E-state index in [1.54, 1.807) is 6.08 Å². The van der Waals surface area contributed by atoms with E-state index in [4.69, 9.17) is 0 Å². The van der Waals surface area contributed by atoms with Gasteiger partial charge in [0.15, 0.2) is 0 Å². The van der Waals surface area contributed by atoms with Crippen LogP contribution in [0, 0.1) is 5.41 Å². The molecule has 1 aliphatic rings. The summed E-state index contributed by atoms with van der Waals surface area (Å²) in [5.74, 6) is -0.0242. The van der Waals surface area contributed by atoms with Gasteiger partial charge in [0, 0.05) is 5.41 Å². The molecule has 0 amide bonds. The number of halogens is 1. The maximum atomic E-state index is 14.3. The van der Waals surface area contributed by atoms with Gasteiger partial charge in [-0.3, -0.25) is 0 Å². The Morgan fingerprint density at radius 1 is 1.13 bits per heavy atom. The molecule has 2 aromatic carbocycles. The average molecular weight is 306 g/mol. The van der Waals surface area contributed by atoms with Crippen molar-refractivity contribution in [2.24, 2.45) is 5.41 Å². The van der Waals surface area contributed by atoms with Crippen molar-refractivity contribution in [3.05, 3.63) is 77.7 Å². The van der Waals surface area contributed by atoms with Gasteiger partial charge in [0.25, 0.3) is 0 Å². The largest absolute Gasteiger partial charge is 0.211 e. The van der Waals surface area contributed by atoms with Crippen molar-refractivity contribution in [2.75, 3.05) is 0 Å². The summed E-state index contributed by atoms with van der Waals surface area (Å²) in [6.45, 7) is 10.3. The molecule has 0 atom stereocenters. The van der Waals surface area contributed by atoms with E-state index >= 15 is 0 Å². The molecule has 118 valence electrons. The zero-order valence-corrected chi connectivity index (χ0v) is 14.1. The molecule has 0 N–H and O–H groups in total.